The minimum atomic E-state index is -0.448. The Hall–Kier alpha value is -2.07. The summed E-state index contributed by atoms with van der Waals surface area (Å²) in [5, 5.41) is 8.04. The van der Waals surface area contributed by atoms with Gasteiger partial charge in [-0.3, -0.25) is 9.69 Å². The summed E-state index contributed by atoms with van der Waals surface area (Å²) in [5.41, 5.74) is 5.26. The monoisotopic (exact) mass is 403 g/mol. The van der Waals surface area contributed by atoms with Gasteiger partial charge in [-0.25, -0.2) is 9.59 Å². The van der Waals surface area contributed by atoms with Gasteiger partial charge in [0.15, 0.2) is 0 Å². The number of nitrogens with one attached hydrogen (secondary N) is 3. The van der Waals surface area contributed by atoms with Gasteiger partial charge in [-0.1, -0.05) is 26.7 Å². The fraction of sp³-hybridized carbons (Fsp3) is 0.833. The molecule has 164 valence electrons. The Morgan fingerprint density at radius 1 is 0.786 bits per heavy atom. The molecule has 0 radical (unpaired) electrons. The van der Waals surface area contributed by atoms with Crippen LogP contribution < -0.4 is 21.7 Å². The first kappa shape index (κ1) is 25.9. The highest BCUT2D eigenvalue weighted by atomic mass is 16.6. The second kappa shape index (κ2) is 18.3. The van der Waals surface area contributed by atoms with Gasteiger partial charge in [0.05, 0.1) is 6.54 Å². The molecule has 0 bridgehead atoms. The Morgan fingerprint density at radius 2 is 1.29 bits per heavy atom. The van der Waals surface area contributed by atoms with Crippen molar-refractivity contribution in [2.24, 2.45) is 5.73 Å². The topological polar surface area (TPSA) is 135 Å². The van der Waals surface area contributed by atoms with Crippen LogP contribution in [0.15, 0.2) is 0 Å². The second-order valence-corrected chi connectivity index (χ2v) is 6.23. The molecule has 0 heterocycles. The van der Waals surface area contributed by atoms with Crippen molar-refractivity contribution in [3.8, 4) is 0 Å². The summed E-state index contributed by atoms with van der Waals surface area (Å²) in [7, 11) is 0. The number of nitrogens with two attached hydrogens (primary N) is 1. The number of carbonyl (C=O) groups is 3. The van der Waals surface area contributed by atoms with Gasteiger partial charge in [0, 0.05) is 39.3 Å². The van der Waals surface area contributed by atoms with Crippen LogP contribution in [0.3, 0.4) is 0 Å². The van der Waals surface area contributed by atoms with E-state index in [1.54, 1.807) is 0 Å². The van der Waals surface area contributed by atoms with Gasteiger partial charge in [0.1, 0.15) is 13.2 Å². The lowest BCUT2D eigenvalue weighted by atomic mass is 10.3. The molecule has 0 atom stereocenters. The quantitative estimate of drug-likeness (QED) is 0.274. The third-order valence-electron chi connectivity index (χ3n) is 3.82. The molecule has 0 aliphatic carbocycles. The number of ether oxygens (including phenoxy) is 2. The third-order valence-corrected chi connectivity index (χ3v) is 3.82. The first-order chi connectivity index (χ1) is 13.5. The van der Waals surface area contributed by atoms with E-state index < -0.39 is 12.2 Å². The summed E-state index contributed by atoms with van der Waals surface area (Å²) in [6, 6.07) is 0. The van der Waals surface area contributed by atoms with E-state index in [4.69, 9.17) is 15.2 Å². The Morgan fingerprint density at radius 3 is 1.71 bits per heavy atom. The van der Waals surface area contributed by atoms with E-state index in [2.05, 4.69) is 16.0 Å². The molecule has 28 heavy (non-hydrogen) atoms. The molecule has 10 nitrogen and oxygen atoms in total. The van der Waals surface area contributed by atoms with Crippen LogP contribution in [-0.4, -0.2) is 82.0 Å². The van der Waals surface area contributed by atoms with Crippen molar-refractivity contribution in [2.75, 3.05) is 59.0 Å². The first-order valence-corrected chi connectivity index (χ1v) is 10.0. The lowest BCUT2D eigenvalue weighted by molar-refractivity contribution is -0.119. The fourth-order valence-corrected chi connectivity index (χ4v) is 2.13. The standard InChI is InChI=1S/C18H37N5O5/c1-3-5-7-21-17(25)27-13-11-23(10-9-20-16(24)15-19)12-14-28-18(26)22-8-6-4-2/h3-15,19H2,1-2H3,(H,20,24)(H,21,25)(H,22,26). The zero-order valence-corrected chi connectivity index (χ0v) is 17.3. The number of amides is 3. The minimum absolute atomic E-state index is 0.0674. The lowest BCUT2D eigenvalue weighted by Gasteiger charge is -2.22. The maximum absolute atomic E-state index is 11.6. The molecule has 0 aliphatic rings. The molecule has 0 aromatic carbocycles. The molecule has 10 heteroatoms. The molecule has 0 aromatic heterocycles. The Kier molecular flexibility index (Phi) is 16.9. The van der Waals surface area contributed by atoms with Crippen LogP contribution in [0.2, 0.25) is 0 Å². The molecule has 0 unspecified atom stereocenters. The molecule has 0 rings (SSSR count). The SMILES string of the molecule is CCCCNC(=O)OCCN(CCNC(=O)CN)CCOC(=O)NCCCC. The van der Waals surface area contributed by atoms with Crippen molar-refractivity contribution in [3.63, 3.8) is 0 Å². The van der Waals surface area contributed by atoms with Crippen LogP contribution in [0.4, 0.5) is 9.59 Å². The second-order valence-electron chi connectivity index (χ2n) is 6.23. The number of unbranched alkanes of at least 4 members (excludes halogenated alkanes) is 2. The number of nitrogens with zero attached hydrogens (tertiary/aromatic N) is 1. The summed E-state index contributed by atoms with van der Waals surface area (Å²) >= 11 is 0. The highest BCUT2D eigenvalue weighted by Crippen LogP contribution is 1.92. The van der Waals surface area contributed by atoms with E-state index in [1.807, 2.05) is 18.7 Å². The lowest BCUT2D eigenvalue weighted by Crippen LogP contribution is -2.41. The highest BCUT2D eigenvalue weighted by molar-refractivity contribution is 5.77. The molecule has 0 saturated heterocycles. The van der Waals surface area contributed by atoms with Gasteiger partial charge in [-0.05, 0) is 12.8 Å². The van der Waals surface area contributed by atoms with Crippen LogP contribution >= 0.6 is 0 Å². The zero-order valence-electron chi connectivity index (χ0n) is 17.3. The number of alkyl carbamates (subject to hydrolysis) is 2. The highest BCUT2D eigenvalue weighted by Gasteiger charge is 2.09. The molecule has 5 N–H and O–H groups in total. The molecule has 0 aliphatic heterocycles. The van der Waals surface area contributed by atoms with Gasteiger partial charge >= 0.3 is 12.2 Å². The van der Waals surface area contributed by atoms with Crippen molar-refractivity contribution >= 4 is 18.1 Å². The number of carbonyl (C=O) groups excluding carboxylic acids is 3. The van der Waals surface area contributed by atoms with Crippen LogP contribution in [-0.2, 0) is 14.3 Å². The van der Waals surface area contributed by atoms with E-state index in [-0.39, 0.29) is 25.7 Å². The molecule has 0 fully saturated rings. The zero-order chi connectivity index (χ0) is 21.0. The smallest absolute Gasteiger partial charge is 0.407 e. The summed E-state index contributed by atoms with van der Waals surface area (Å²) < 4.78 is 10.3. The molecule has 0 saturated carbocycles. The number of hydrogen-bond acceptors (Lipinski definition) is 7. The normalized spacial score (nSPS) is 10.4. The average Bonchev–Trinajstić information content (AvgIpc) is 2.67. The predicted octanol–water partition coefficient (Wildman–Crippen LogP) is 0.416. The van der Waals surface area contributed by atoms with Crippen molar-refractivity contribution in [1.29, 1.82) is 0 Å². The first-order valence-electron chi connectivity index (χ1n) is 10.0. The largest absolute Gasteiger partial charge is 0.448 e. The van der Waals surface area contributed by atoms with E-state index in [0.717, 1.165) is 25.7 Å². The van der Waals surface area contributed by atoms with E-state index in [0.29, 0.717) is 39.3 Å². The number of hydrogen-bond donors (Lipinski definition) is 4. The van der Waals surface area contributed by atoms with Crippen molar-refractivity contribution in [1.82, 2.24) is 20.9 Å². The summed E-state index contributed by atoms with van der Waals surface area (Å²) in [4.78, 5) is 36.3. The third kappa shape index (κ3) is 16.1. The van der Waals surface area contributed by atoms with Gasteiger partial charge in [-0.15, -0.1) is 0 Å². The average molecular weight is 404 g/mol. The molecule has 3 amide bonds. The number of rotatable bonds is 16. The Labute approximate surface area is 167 Å². The van der Waals surface area contributed by atoms with Crippen LogP contribution in [0.1, 0.15) is 39.5 Å². The predicted molar refractivity (Wildman–Crippen MR) is 107 cm³/mol. The molecular weight excluding hydrogens is 366 g/mol. The van der Waals surface area contributed by atoms with Crippen LogP contribution in [0.25, 0.3) is 0 Å². The molecule has 0 spiro atoms. The maximum Gasteiger partial charge on any atom is 0.407 e. The summed E-state index contributed by atoms with van der Waals surface area (Å²) in [6.07, 6.45) is 2.90. The van der Waals surface area contributed by atoms with Crippen LogP contribution in [0.5, 0.6) is 0 Å². The van der Waals surface area contributed by atoms with Crippen LogP contribution in [0, 0.1) is 0 Å². The van der Waals surface area contributed by atoms with E-state index in [9.17, 15) is 14.4 Å². The van der Waals surface area contributed by atoms with Gasteiger partial charge in [0.2, 0.25) is 5.91 Å². The molecular formula is C18H37N5O5. The van der Waals surface area contributed by atoms with E-state index >= 15 is 0 Å². The van der Waals surface area contributed by atoms with Gasteiger partial charge in [0.25, 0.3) is 0 Å². The van der Waals surface area contributed by atoms with E-state index in [1.165, 1.54) is 0 Å². The minimum Gasteiger partial charge on any atom is -0.448 e. The van der Waals surface area contributed by atoms with Gasteiger partial charge < -0.3 is 31.2 Å². The fourth-order valence-electron chi connectivity index (χ4n) is 2.13. The Balaban J connectivity index is 4.17. The van der Waals surface area contributed by atoms with Crippen molar-refractivity contribution in [2.45, 2.75) is 39.5 Å². The Bertz CT molecular complexity index is 409. The van der Waals surface area contributed by atoms with Crippen molar-refractivity contribution in [3.05, 3.63) is 0 Å². The van der Waals surface area contributed by atoms with Crippen molar-refractivity contribution < 1.29 is 23.9 Å². The summed E-state index contributed by atoms with van der Waals surface area (Å²) in [5.74, 6) is -0.238. The van der Waals surface area contributed by atoms with Gasteiger partial charge in [-0.2, -0.15) is 0 Å². The summed E-state index contributed by atoms with van der Waals surface area (Å²) in [6.45, 7) is 7.44. The maximum atomic E-state index is 11.6. The molecule has 0 aromatic rings.